The molecule has 15 heavy (non-hydrogen) atoms. The third-order valence-electron chi connectivity index (χ3n) is 1.51. The van der Waals surface area contributed by atoms with Gasteiger partial charge < -0.3 is 4.66 Å². The number of nitrogens with zero attached hydrogens (tertiary/aromatic N) is 1. The van der Waals surface area contributed by atoms with Crippen LogP contribution in [-0.4, -0.2) is 15.5 Å². The van der Waals surface area contributed by atoms with E-state index < -0.39 is 0 Å². The van der Waals surface area contributed by atoms with E-state index in [1.165, 1.54) is 5.39 Å². The summed E-state index contributed by atoms with van der Waals surface area (Å²) in [6.45, 7) is 0. The number of halogens is 1. The fourth-order valence-electron chi connectivity index (χ4n) is 1.02. The molecule has 0 unspecified atom stereocenters. The molecule has 2 aromatic rings. The molecule has 0 saturated carbocycles. The molecule has 1 heterocycles. The third-order valence-corrected chi connectivity index (χ3v) is 1.51. The molecule has 0 radical (unpaired) electrons. The zero-order valence-corrected chi connectivity index (χ0v) is 10.9. The quantitative estimate of drug-likeness (QED) is 0.341. The number of hydrogen-bond acceptors (Lipinski definition) is 4. The van der Waals surface area contributed by atoms with Gasteiger partial charge in [-0.2, -0.15) is 0 Å². The maximum atomic E-state index is 7.72. The van der Waals surface area contributed by atoms with Crippen LogP contribution in [0.4, 0.5) is 0 Å². The molecule has 0 saturated heterocycles. The van der Waals surface area contributed by atoms with Crippen LogP contribution in [0.2, 0.25) is 0 Å². The minimum absolute atomic E-state index is 0. The summed E-state index contributed by atoms with van der Waals surface area (Å²) in [6, 6.07) is 12.1. The number of aromatic nitrogens is 1. The van der Waals surface area contributed by atoms with Crippen molar-refractivity contribution in [3.05, 3.63) is 42.6 Å². The Labute approximate surface area is 115 Å². The van der Waals surface area contributed by atoms with E-state index in [4.69, 9.17) is 15.2 Å². The van der Waals surface area contributed by atoms with E-state index in [1.54, 1.807) is 0 Å². The molecular formula is C9H9ClNNaO3. The summed E-state index contributed by atoms with van der Waals surface area (Å²) in [5.74, 6) is 0. The number of para-hydroxylation sites is 1. The van der Waals surface area contributed by atoms with Gasteiger partial charge in [0.25, 0.3) is 0 Å². The van der Waals surface area contributed by atoms with E-state index >= 15 is 0 Å². The van der Waals surface area contributed by atoms with Crippen LogP contribution < -0.4 is 34.2 Å². The van der Waals surface area contributed by atoms with Crippen LogP contribution in [0.1, 0.15) is 0 Å². The molecule has 6 heteroatoms. The zero-order valence-electron chi connectivity index (χ0n) is 8.17. The van der Waals surface area contributed by atoms with Crippen molar-refractivity contribution in [2.24, 2.45) is 0 Å². The van der Waals surface area contributed by atoms with Gasteiger partial charge in [-0.1, -0.05) is 24.3 Å². The second-order valence-electron chi connectivity index (χ2n) is 2.20. The summed E-state index contributed by atoms with van der Waals surface area (Å²) >= 11 is 3.39. The van der Waals surface area contributed by atoms with Crippen molar-refractivity contribution >= 4 is 22.8 Å². The molecule has 0 aliphatic carbocycles. The smallest absolute Gasteiger partial charge is 0.769 e. The molecule has 2 N–H and O–H groups in total. The van der Waals surface area contributed by atoms with Crippen molar-refractivity contribution in [2.45, 2.75) is 0 Å². The maximum Gasteiger partial charge on any atom is 1.00 e. The minimum atomic E-state index is 0. The summed E-state index contributed by atoms with van der Waals surface area (Å²) in [4.78, 5) is 4.18. The van der Waals surface area contributed by atoms with E-state index in [0.717, 1.165) is 5.52 Å². The van der Waals surface area contributed by atoms with Gasteiger partial charge >= 0.3 is 29.6 Å². The van der Waals surface area contributed by atoms with Gasteiger partial charge in [0.15, 0.2) is 0 Å². The number of benzene rings is 1. The Morgan fingerprint density at radius 1 is 1.00 bits per heavy atom. The van der Waals surface area contributed by atoms with Gasteiger partial charge in [-0.15, -0.1) is 0 Å². The predicted molar refractivity (Wildman–Crippen MR) is 52.9 cm³/mol. The van der Waals surface area contributed by atoms with Crippen LogP contribution in [-0.2, 0) is 0 Å². The molecule has 1 aromatic carbocycles. The monoisotopic (exact) mass is 237 g/mol. The summed E-state index contributed by atoms with van der Waals surface area (Å²) in [5.41, 5.74) is 1.06. The second kappa shape index (κ2) is 11.9. The van der Waals surface area contributed by atoms with Crippen molar-refractivity contribution in [2.75, 3.05) is 0 Å². The fraction of sp³-hybridized carbons (Fsp3) is 0. The first-order chi connectivity index (χ1) is 6.97. The van der Waals surface area contributed by atoms with Crippen molar-refractivity contribution in [3.63, 3.8) is 0 Å². The first-order valence-corrected chi connectivity index (χ1v) is 3.93. The normalized spacial score (nSPS) is 7.47. The van der Waals surface area contributed by atoms with Crippen LogP contribution in [0.25, 0.3) is 10.9 Å². The van der Waals surface area contributed by atoms with Crippen LogP contribution in [0, 0.1) is 0 Å². The molecule has 2 rings (SSSR count). The Morgan fingerprint density at radius 2 is 1.53 bits per heavy atom. The molecular weight excluding hydrogens is 229 g/mol. The molecule has 0 fully saturated rings. The average Bonchev–Trinajstić information content (AvgIpc) is 2.34. The molecule has 0 amide bonds. The molecule has 0 bridgehead atoms. The van der Waals surface area contributed by atoms with Crippen LogP contribution in [0.5, 0.6) is 0 Å². The van der Waals surface area contributed by atoms with Crippen molar-refractivity contribution < 1.29 is 44.7 Å². The molecule has 4 nitrogen and oxygen atoms in total. The maximum absolute atomic E-state index is 7.72. The fourth-order valence-corrected chi connectivity index (χ4v) is 1.02. The van der Waals surface area contributed by atoms with Gasteiger partial charge in [0.05, 0.1) is 5.52 Å². The third kappa shape index (κ3) is 6.06. The van der Waals surface area contributed by atoms with Crippen molar-refractivity contribution in [1.82, 2.24) is 4.98 Å². The van der Waals surface area contributed by atoms with E-state index in [1.807, 2.05) is 30.5 Å². The Balaban J connectivity index is 0. The Morgan fingerprint density at radius 3 is 2.13 bits per heavy atom. The van der Waals surface area contributed by atoms with Gasteiger partial charge in [-0.25, -0.2) is 11.9 Å². The molecule has 0 aliphatic rings. The zero-order chi connectivity index (χ0) is 10.8. The molecule has 76 valence electrons. The van der Waals surface area contributed by atoms with E-state index in [-0.39, 0.29) is 29.6 Å². The number of rotatable bonds is 0. The Bertz CT molecular complexity index is 296. The summed E-state index contributed by atoms with van der Waals surface area (Å²) in [7, 11) is 0. The number of hydrogen-bond donors (Lipinski definition) is 2. The van der Waals surface area contributed by atoms with Gasteiger partial charge in [0.1, 0.15) is 0 Å². The second-order valence-corrected chi connectivity index (χ2v) is 2.20. The van der Waals surface area contributed by atoms with Gasteiger partial charge in [0, 0.05) is 11.6 Å². The average molecular weight is 238 g/mol. The predicted octanol–water partition coefficient (Wildman–Crippen LogP) is -1.24. The molecule has 0 spiro atoms. The first kappa shape index (κ1) is 17.2. The summed E-state index contributed by atoms with van der Waals surface area (Å²) in [6.07, 6.45) is 1.81. The summed E-state index contributed by atoms with van der Waals surface area (Å²) < 4.78 is 7.72. The van der Waals surface area contributed by atoms with Crippen LogP contribution >= 0.6 is 11.9 Å². The van der Waals surface area contributed by atoms with Crippen LogP contribution in [0.3, 0.4) is 0 Å². The first-order valence-electron chi connectivity index (χ1n) is 3.62. The van der Waals surface area contributed by atoms with E-state index in [9.17, 15) is 0 Å². The Hall–Kier alpha value is -0.200. The molecule has 1 aromatic heterocycles. The summed E-state index contributed by atoms with van der Waals surface area (Å²) in [5, 5.41) is 13.2. The minimum Gasteiger partial charge on any atom is -0.769 e. The Kier molecular flexibility index (Phi) is 13.6. The van der Waals surface area contributed by atoms with Crippen molar-refractivity contribution in [3.8, 4) is 0 Å². The topological polar surface area (TPSA) is 76.4 Å². The van der Waals surface area contributed by atoms with Crippen molar-refractivity contribution in [1.29, 1.82) is 0 Å². The molecule has 0 atom stereocenters. The van der Waals surface area contributed by atoms with Gasteiger partial charge in [-0.05, 0) is 12.1 Å². The van der Waals surface area contributed by atoms with E-state index in [2.05, 4.69) is 29.0 Å². The van der Waals surface area contributed by atoms with Gasteiger partial charge in [-0.3, -0.25) is 15.5 Å². The van der Waals surface area contributed by atoms with Gasteiger partial charge in [0.2, 0.25) is 0 Å². The largest absolute Gasteiger partial charge is 1.00 e. The number of fused-ring (bicyclic) bond motifs is 1. The van der Waals surface area contributed by atoms with E-state index in [0.29, 0.717) is 0 Å². The molecule has 0 aliphatic heterocycles. The SMILES string of the molecule is OO.[Na+].[O-]Cl.c1ccc2ncccc2c1. The number of pyridine rings is 1. The standard InChI is InChI=1S/C9H7N.ClO.Na.H2O2/c1-2-6-9-8(4-1)5-3-7-10-9;1-2;;1-2/h1-7H;;;1-2H/q;-1;+1;. The van der Waals surface area contributed by atoms with Crippen LogP contribution in [0.15, 0.2) is 42.6 Å².